The molecule has 0 radical (unpaired) electrons. The molecule has 0 spiro atoms. The lowest BCUT2D eigenvalue weighted by molar-refractivity contribution is 0.0256. The van der Waals surface area contributed by atoms with Crippen LogP contribution in [0.25, 0.3) is 0 Å². The summed E-state index contributed by atoms with van der Waals surface area (Å²) in [5.41, 5.74) is 6.14. The first-order valence-electron chi connectivity index (χ1n) is 5.81. The minimum absolute atomic E-state index is 0.104. The Kier molecular flexibility index (Phi) is 3.30. The van der Waals surface area contributed by atoms with E-state index in [4.69, 9.17) is 15.2 Å². The van der Waals surface area contributed by atoms with E-state index in [2.05, 4.69) is 12.2 Å². The smallest absolute Gasteiger partial charge is 0.0659 e. The molecule has 15 heavy (non-hydrogen) atoms. The van der Waals surface area contributed by atoms with Crippen molar-refractivity contribution in [1.29, 1.82) is 0 Å². The molecule has 2 rings (SSSR count). The van der Waals surface area contributed by atoms with Crippen LogP contribution in [0, 0.1) is 0 Å². The van der Waals surface area contributed by atoms with Crippen molar-refractivity contribution in [1.82, 2.24) is 5.32 Å². The van der Waals surface area contributed by atoms with Crippen LogP contribution in [0.1, 0.15) is 26.2 Å². The van der Waals surface area contributed by atoms with Gasteiger partial charge in [0.15, 0.2) is 0 Å². The molecule has 4 nitrogen and oxygen atoms in total. The standard InChI is InChI=1S/C11H22N2O2/c1-10(3-2-5-14-8-10)13-7-11(12)4-6-15-9-11/h13H,2-9,12H2,1H3. The van der Waals surface area contributed by atoms with Crippen LogP contribution in [0.2, 0.25) is 0 Å². The van der Waals surface area contributed by atoms with Crippen LogP contribution < -0.4 is 11.1 Å². The van der Waals surface area contributed by atoms with E-state index >= 15 is 0 Å². The predicted octanol–water partition coefficient (Wildman–Crippen LogP) is 0.263. The molecule has 0 bridgehead atoms. The molecule has 2 atom stereocenters. The number of rotatable bonds is 3. The van der Waals surface area contributed by atoms with Gasteiger partial charge in [-0.15, -0.1) is 0 Å². The van der Waals surface area contributed by atoms with Crippen molar-refractivity contribution in [2.45, 2.75) is 37.3 Å². The van der Waals surface area contributed by atoms with Crippen LogP contribution in [-0.2, 0) is 9.47 Å². The normalized spacial score (nSPS) is 42.0. The van der Waals surface area contributed by atoms with E-state index in [1.54, 1.807) is 0 Å². The van der Waals surface area contributed by atoms with Crippen molar-refractivity contribution in [3.63, 3.8) is 0 Å². The Morgan fingerprint density at radius 3 is 2.60 bits per heavy atom. The van der Waals surface area contributed by atoms with E-state index in [9.17, 15) is 0 Å². The Labute approximate surface area is 91.5 Å². The van der Waals surface area contributed by atoms with Gasteiger partial charge in [-0.1, -0.05) is 0 Å². The van der Waals surface area contributed by atoms with Crippen LogP contribution in [0.3, 0.4) is 0 Å². The van der Waals surface area contributed by atoms with Gasteiger partial charge in [-0.05, 0) is 26.2 Å². The fourth-order valence-corrected chi connectivity index (χ4v) is 2.23. The maximum atomic E-state index is 6.21. The van der Waals surface area contributed by atoms with E-state index in [0.29, 0.717) is 6.61 Å². The fourth-order valence-electron chi connectivity index (χ4n) is 2.23. The molecule has 2 saturated heterocycles. The zero-order valence-corrected chi connectivity index (χ0v) is 9.55. The van der Waals surface area contributed by atoms with Crippen molar-refractivity contribution >= 4 is 0 Å². The summed E-state index contributed by atoms with van der Waals surface area (Å²) in [4.78, 5) is 0. The Bertz CT molecular complexity index is 209. The van der Waals surface area contributed by atoms with Gasteiger partial charge in [0.2, 0.25) is 0 Å². The van der Waals surface area contributed by atoms with Gasteiger partial charge < -0.3 is 20.5 Å². The molecule has 2 aliphatic heterocycles. The van der Waals surface area contributed by atoms with Gasteiger partial charge >= 0.3 is 0 Å². The third kappa shape index (κ3) is 2.91. The highest BCUT2D eigenvalue weighted by Crippen LogP contribution is 2.20. The van der Waals surface area contributed by atoms with E-state index in [1.165, 1.54) is 6.42 Å². The Morgan fingerprint density at radius 1 is 1.20 bits per heavy atom. The second-order valence-corrected chi connectivity index (χ2v) is 5.24. The van der Waals surface area contributed by atoms with Crippen LogP contribution in [0.4, 0.5) is 0 Å². The number of ether oxygens (including phenoxy) is 2. The predicted molar refractivity (Wildman–Crippen MR) is 58.8 cm³/mol. The summed E-state index contributed by atoms with van der Waals surface area (Å²) < 4.78 is 10.8. The monoisotopic (exact) mass is 214 g/mol. The highest BCUT2D eigenvalue weighted by Gasteiger charge is 2.34. The minimum Gasteiger partial charge on any atom is -0.380 e. The van der Waals surface area contributed by atoms with Crippen molar-refractivity contribution in [2.75, 3.05) is 33.0 Å². The molecule has 4 heteroatoms. The van der Waals surface area contributed by atoms with Crippen LogP contribution in [0.15, 0.2) is 0 Å². The fraction of sp³-hybridized carbons (Fsp3) is 1.00. The molecular weight excluding hydrogens is 192 g/mol. The summed E-state index contributed by atoms with van der Waals surface area (Å²) in [7, 11) is 0. The number of hydrogen-bond donors (Lipinski definition) is 2. The third-order valence-corrected chi connectivity index (χ3v) is 3.44. The summed E-state index contributed by atoms with van der Waals surface area (Å²) in [6, 6.07) is 0. The zero-order valence-electron chi connectivity index (χ0n) is 9.55. The lowest BCUT2D eigenvalue weighted by Crippen LogP contribution is -2.57. The lowest BCUT2D eigenvalue weighted by Gasteiger charge is -2.37. The highest BCUT2D eigenvalue weighted by atomic mass is 16.5. The van der Waals surface area contributed by atoms with Crippen molar-refractivity contribution < 1.29 is 9.47 Å². The molecule has 2 fully saturated rings. The second-order valence-electron chi connectivity index (χ2n) is 5.24. The molecule has 3 N–H and O–H groups in total. The number of nitrogens with one attached hydrogen (secondary N) is 1. The number of nitrogens with two attached hydrogens (primary N) is 1. The molecule has 0 amide bonds. The quantitative estimate of drug-likeness (QED) is 0.708. The van der Waals surface area contributed by atoms with Gasteiger partial charge in [0, 0.05) is 25.3 Å². The SMILES string of the molecule is CC1(NCC2(N)CCOC2)CCCOC1. The molecule has 88 valence electrons. The topological polar surface area (TPSA) is 56.5 Å². The van der Waals surface area contributed by atoms with E-state index in [0.717, 1.165) is 39.2 Å². The Hall–Kier alpha value is -0.160. The second kappa shape index (κ2) is 4.37. The molecule has 0 aliphatic carbocycles. The van der Waals surface area contributed by atoms with Crippen LogP contribution >= 0.6 is 0 Å². The average molecular weight is 214 g/mol. The zero-order chi connectivity index (χ0) is 10.8. The summed E-state index contributed by atoms with van der Waals surface area (Å²) in [5.74, 6) is 0. The van der Waals surface area contributed by atoms with Gasteiger partial charge in [-0.2, -0.15) is 0 Å². The van der Waals surface area contributed by atoms with Gasteiger partial charge in [0.25, 0.3) is 0 Å². The van der Waals surface area contributed by atoms with Gasteiger partial charge in [-0.3, -0.25) is 0 Å². The molecule has 0 aromatic heterocycles. The largest absolute Gasteiger partial charge is 0.380 e. The first-order valence-corrected chi connectivity index (χ1v) is 5.81. The summed E-state index contributed by atoms with van der Waals surface area (Å²) in [5, 5.41) is 3.55. The lowest BCUT2D eigenvalue weighted by atomic mass is 9.92. The molecule has 0 aromatic carbocycles. The molecule has 2 aliphatic rings. The van der Waals surface area contributed by atoms with Crippen molar-refractivity contribution in [3.8, 4) is 0 Å². The minimum atomic E-state index is -0.166. The van der Waals surface area contributed by atoms with E-state index in [1.807, 2.05) is 0 Å². The van der Waals surface area contributed by atoms with E-state index < -0.39 is 0 Å². The first-order chi connectivity index (χ1) is 7.12. The Morgan fingerprint density at radius 2 is 2.00 bits per heavy atom. The first kappa shape index (κ1) is 11.3. The highest BCUT2D eigenvalue weighted by molar-refractivity contribution is 4.94. The van der Waals surface area contributed by atoms with Crippen molar-refractivity contribution in [2.24, 2.45) is 5.73 Å². The summed E-state index contributed by atoms with van der Waals surface area (Å²) in [6.45, 7) is 6.21. The van der Waals surface area contributed by atoms with Gasteiger partial charge in [0.05, 0.1) is 18.8 Å². The van der Waals surface area contributed by atoms with Crippen LogP contribution in [0.5, 0.6) is 0 Å². The third-order valence-electron chi connectivity index (χ3n) is 3.44. The molecule has 0 aromatic rings. The molecule has 2 heterocycles. The van der Waals surface area contributed by atoms with Gasteiger partial charge in [-0.25, -0.2) is 0 Å². The van der Waals surface area contributed by atoms with Gasteiger partial charge in [0.1, 0.15) is 0 Å². The van der Waals surface area contributed by atoms with Crippen LogP contribution in [-0.4, -0.2) is 44.1 Å². The maximum absolute atomic E-state index is 6.21. The summed E-state index contributed by atoms with van der Waals surface area (Å²) >= 11 is 0. The number of hydrogen-bond acceptors (Lipinski definition) is 4. The van der Waals surface area contributed by atoms with Crippen molar-refractivity contribution in [3.05, 3.63) is 0 Å². The Balaban J connectivity index is 1.80. The maximum Gasteiger partial charge on any atom is 0.0659 e. The molecule has 0 saturated carbocycles. The van der Waals surface area contributed by atoms with E-state index in [-0.39, 0.29) is 11.1 Å². The molecule has 2 unspecified atom stereocenters. The average Bonchev–Trinajstić information content (AvgIpc) is 2.65. The summed E-state index contributed by atoms with van der Waals surface area (Å²) in [6.07, 6.45) is 3.26. The molecular formula is C11H22N2O2.